The highest BCUT2D eigenvalue weighted by atomic mass is 35.5. The molecule has 16 heavy (non-hydrogen) atoms. The summed E-state index contributed by atoms with van der Waals surface area (Å²) in [6.07, 6.45) is 0.962. The largest absolute Gasteiger partial charge is 0.496 e. The third kappa shape index (κ3) is 2.50. The molecule has 2 N–H and O–H groups in total. The normalized spacial score (nSPS) is 12.6. The molecule has 0 heterocycles. The molecule has 0 bridgehead atoms. The second-order valence-electron chi connectivity index (χ2n) is 4.21. The maximum Gasteiger partial charge on any atom is 0.126 e. The second kappa shape index (κ2) is 5.55. The number of rotatable bonds is 4. The van der Waals surface area contributed by atoms with Gasteiger partial charge in [0.1, 0.15) is 5.75 Å². The van der Waals surface area contributed by atoms with Gasteiger partial charge in [-0.25, -0.2) is 0 Å². The predicted octanol–water partition coefficient (Wildman–Crippen LogP) is 3.42. The summed E-state index contributed by atoms with van der Waals surface area (Å²) in [6, 6.07) is 2.04. The van der Waals surface area contributed by atoms with Crippen LogP contribution in [-0.2, 0) is 0 Å². The quantitative estimate of drug-likeness (QED) is 0.877. The molecule has 1 aromatic carbocycles. The lowest BCUT2D eigenvalue weighted by Gasteiger charge is -2.19. The molecule has 0 aliphatic rings. The lowest BCUT2D eigenvalue weighted by atomic mass is 9.92. The maximum atomic E-state index is 6.20. The van der Waals surface area contributed by atoms with Gasteiger partial charge in [-0.05, 0) is 49.9 Å². The smallest absolute Gasteiger partial charge is 0.126 e. The molecule has 0 fully saturated rings. The zero-order valence-electron chi connectivity index (χ0n) is 10.4. The molecule has 1 aromatic rings. The van der Waals surface area contributed by atoms with Gasteiger partial charge in [-0.1, -0.05) is 18.5 Å². The number of benzene rings is 1. The van der Waals surface area contributed by atoms with E-state index >= 15 is 0 Å². The Labute approximate surface area is 103 Å². The molecule has 0 aliphatic heterocycles. The van der Waals surface area contributed by atoms with E-state index in [0.29, 0.717) is 12.5 Å². The van der Waals surface area contributed by atoms with Crippen LogP contribution in [0.15, 0.2) is 6.07 Å². The molecule has 0 radical (unpaired) electrons. The number of methoxy groups -OCH3 is 1. The molecule has 0 spiro atoms. The molecule has 0 saturated carbocycles. The zero-order chi connectivity index (χ0) is 12.3. The number of halogens is 1. The fraction of sp³-hybridized carbons (Fsp3) is 0.538. The van der Waals surface area contributed by atoms with Crippen LogP contribution in [0.3, 0.4) is 0 Å². The van der Waals surface area contributed by atoms with Crippen LogP contribution < -0.4 is 10.5 Å². The first-order valence-electron chi connectivity index (χ1n) is 5.56. The van der Waals surface area contributed by atoms with Gasteiger partial charge in [-0.15, -0.1) is 0 Å². The average Bonchev–Trinajstić information content (AvgIpc) is 2.24. The fourth-order valence-electron chi connectivity index (χ4n) is 2.10. The maximum absolute atomic E-state index is 6.20. The van der Waals surface area contributed by atoms with Crippen molar-refractivity contribution < 1.29 is 4.74 Å². The zero-order valence-corrected chi connectivity index (χ0v) is 11.2. The Kier molecular flexibility index (Phi) is 4.63. The van der Waals surface area contributed by atoms with Crippen molar-refractivity contribution in [2.24, 2.45) is 5.73 Å². The summed E-state index contributed by atoms with van der Waals surface area (Å²) in [5.74, 6) is 1.31. The summed E-state index contributed by atoms with van der Waals surface area (Å²) >= 11 is 6.20. The lowest BCUT2D eigenvalue weighted by molar-refractivity contribution is 0.407. The lowest BCUT2D eigenvalue weighted by Crippen LogP contribution is -2.07. The van der Waals surface area contributed by atoms with Crippen LogP contribution in [0.25, 0.3) is 0 Å². The molecule has 2 nitrogen and oxygen atoms in total. The van der Waals surface area contributed by atoms with E-state index < -0.39 is 0 Å². The van der Waals surface area contributed by atoms with Crippen LogP contribution in [0, 0.1) is 13.8 Å². The molecular formula is C13H20ClNO. The van der Waals surface area contributed by atoms with Crippen molar-refractivity contribution in [3.8, 4) is 5.75 Å². The van der Waals surface area contributed by atoms with E-state index in [-0.39, 0.29) is 0 Å². The minimum Gasteiger partial charge on any atom is -0.496 e. The van der Waals surface area contributed by atoms with Crippen molar-refractivity contribution in [1.82, 2.24) is 0 Å². The number of hydrogen-bond acceptors (Lipinski definition) is 2. The highest BCUT2D eigenvalue weighted by Gasteiger charge is 2.15. The predicted molar refractivity (Wildman–Crippen MR) is 69.6 cm³/mol. The first-order chi connectivity index (χ1) is 7.52. The molecule has 0 aliphatic carbocycles. The summed E-state index contributed by atoms with van der Waals surface area (Å²) in [4.78, 5) is 0. The van der Waals surface area contributed by atoms with Gasteiger partial charge >= 0.3 is 0 Å². The van der Waals surface area contributed by atoms with Crippen LogP contribution in [0.1, 0.15) is 36.0 Å². The SMILES string of the molecule is COc1c(C)c(Cl)cc(C(C)CCN)c1C. The van der Waals surface area contributed by atoms with Crippen molar-refractivity contribution in [2.75, 3.05) is 13.7 Å². The first-order valence-corrected chi connectivity index (χ1v) is 5.94. The molecule has 0 aromatic heterocycles. The Morgan fingerprint density at radius 1 is 1.38 bits per heavy atom. The van der Waals surface area contributed by atoms with Gasteiger partial charge in [-0.3, -0.25) is 0 Å². The van der Waals surface area contributed by atoms with Crippen molar-refractivity contribution >= 4 is 11.6 Å². The van der Waals surface area contributed by atoms with E-state index in [2.05, 4.69) is 13.8 Å². The first kappa shape index (κ1) is 13.3. The Morgan fingerprint density at radius 2 is 2.00 bits per heavy atom. The molecule has 1 rings (SSSR count). The van der Waals surface area contributed by atoms with Gasteiger partial charge in [0.25, 0.3) is 0 Å². The Bertz CT molecular complexity index is 377. The average molecular weight is 242 g/mol. The fourth-order valence-corrected chi connectivity index (χ4v) is 2.30. The van der Waals surface area contributed by atoms with E-state index in [9.17, 15) is 0 Å². The van der Waals surface area contributed by atoms with Crippen LogP contribution in [0.2, 0.25) is 5.02 Å². The molecule has 0 saturated heterocycles. The highest BCUT2D eigenvalue weighted by Crippen LogP contribution is 2.36. The van der Waals surface area contributed by atoms with Crippen molar-refractivity contribution in [2.45, 2.75) is 33.1 Å². The van der Waals surface area contributed by atoms with Crippen molar-refractivity contribution in [3.63, 3.8) is 0 Å². The summed E-state index contributed by atoms with van der Waals surface area (Å²) in [5, 5.41) is 0.765. The number of nitrogens with two attached hydrogens (primary N) is 1. The minimum absolute atomic E-state index is 0.414. The highest BCUT2D eigenvalue weighted by molar-refractivity contribution is 6.31. The van der Waals surface area contributed by atoms with E-state index in [1.165, 1.54) is 11.1 Å². The van der Waals surface area contributed by atoms with E-state index in [1.807, 2.05) is 13.0 Å². The monoisotopic (exact) mass is 241 g/mol. The van der Waals surface area contributed by atoms with E-state index in [4.69, 9.17) is 22.1 Å². The molecule has 0 amide bonds. The van der Waals surface area contributed by atoms with E-state index in [0.717, 1.165) is 22.8 Å². The van der Waals surface area contributed by atoms with Gasteiger partial charge in [0.05, 0.1) is 7.11 Å². The Balaban J connectivity index is 3.25. The third-order valence-electron chi connectivity index (χ3n) is 3.09. The molecule has 90 valence electrons. The molecule has 1 atom stereocenters. The van der Waals surface area contributed by atoms with Crippen LogP contribution in [0.5, 0.6) is 5.75 Å². The second-order valence-corrected chi connectivity index (χ2v) is 4.62. The topological polar surface area (TPSA) is 35.2 Å². The van der Waals surface area contributed by atoms with Gasteiger partial charge in [0.2, 0.25) is 0 Å². The number of ether oxygens (including phenoxy) is 1. The van der Waals surface area contributed by atoms with Crippen molar-refractivity contribution in [3.05, 3.63) is 27.8 Å². The van der Waals surface area contributed by atoms with Gasteiger partial charge in [-0.2, -0.15) is 0 Å². The van der Waals surface area contributed by atoms with Crippen LogP contribution in [0.4, 0.5) is 0 Å². The van der Waals surface area contributed by atoms with Crippen LogP contribution >= 0.6 is 11.6 Å². The third-order valence-corrected chi connectivity index (χ3v) is 3.48. The van der Waals surface area contributed by atoms with Gasteiger partial charge in [0, 0.05) is 10.6 Å². The minimum atomic E-state index is 0.414. The summed E-state index contributed by atoms with van der Waals surface area (Å²) < 4.78 is 5.41. The Morgan fingerprint density at radius 3 is 2.50 bits per heavy atom. The van der Waals surface area contributed by atoms with E-state index in [1.54, 1.807) is 7.11 Å². The van der Waals surface area contributed by atoms with Gasteiger partial charge < -0.3 is 10.5 Å². The number of hydrogen-bond donors (Lipinski definition) is 1. The van der Waals surface area contributed by atoms with Gasteiger partial charge in [0.15, 0.2) is 0 Å². The summed E-state index contributed by atoms with van der Waals surface area (Å²) in [6.45, 7) is 6.91. The molecule has 3 heteroatoms. The Hall–Kier alpha value is -0.730. The molecular weight excluding hydrogens is 222 g/mol. The van der Waals surface area contributed by atoms with Crippen LogP contribution in [-0.4, -0.2) is 13.7 Å². The molecule has 1 unspecified atom stereocenters. The summed E-state index contributed by atoms with van der Waals surface area (Å²) in [7, 11) is 1.68. The summed E-state index contributed by atoms with van der Waals surface area (Å²) in [5.41, 5.74) is 9.00. The van der Waals surface area contributed by atoms with Crippen molar-refractivity contribution in [1.29, 1.82) is 0 Å². The standard InChI is InChI=1S/C13H20ClNO/c1-8(5-6-15)11-7-12(14)10(3)13(16-4)9(11)2/h7-8H,5-6,15H2,1-4H3.